The Morgan fingerprint density at radius 3 is 1.73 bits per heavy atom. The molecule has 0 aliphatic carbocycles. The van der Waals surface area contributed by atoms with Crippen LogP contribution in [0.1, 0.15) is 22.3 Å². The van der Waals surface area contributed by atoms with Crippen molar-refractivity contribution in [2.24, 2.45) is 10.2 Å². The van der Waals surface area contributed by atoms with Gasteiger partial charge < -0.3 is 16.4 Å². The Morgan fingerprint density at radius 1 is 0.750 bits per heavy atom. The first kappa shape index (κ1) is 33.7. The van der Waals surface area contributed by atoms with Gasteiger partial charge in [-0.3, -0.25) is 9.11 Å². The zero-order valence-corrected chi connectivity index (χ0v) is 27.4. The topological polar surface area (TPSA) is 244 Å². The van der Waals surface area contributed by atoms with E-state index in [9.17, 15) is 36.5 Å². The normalized spacial score (nSPS) is 11.6. The van der Waals surface area contributed by atoms with Crippen LogP contribution in [0.4, 0.5) is 38.7 Å². The van der Waals surface area contributed by atoms with Crippen LogP contribution in [0.25, 0.3) is 11.1 Å². The van der Waals surface area contributed by atoms with E-state index in [-0.39, 0.29) is 43.2 Å². The predicted octanol–water partition coefficient (Wildman–Crippen LogP) is 7.15. The molecule has 2 aromatic heterocycles. The average molecular weight is 701 g/mol. The van der Waals surface area contributed by atoms with Gasteiger partial charge >= 0.3 is 0 Å². The maximum absolute atomic E-state index is 11.5. The number of nitrogens with two attached hydrogens (primary N) is 1. The highest BCUT2D eigenvalue weighted by Gasteiger charge is 2.21. The van der Waals surface area contributed by atoms with E-state index in [4.69, 9.17) is 5.73 Å². The summed E-state index contributed by atoms with van der Waals surface area (Å²) in [6, 6.07) is 21.9. The molecule has 0 amide bonds. The van der Waals surface area contributed by atoms with Crippen LogP contribution in [0.5, 0.6) is 0 Å². The zero-order chi connectivity index (χ0) is 34.8. The Kier molecular flexibility index (Phi) is 9.26. The molecule has 242 valence electrons. The lowest BCUT2D eigenvalue weighted by Gasteiger charge is -2.16. The summed E-state index contributed by atoms with van der Waals surface area (Å²) in [7, 11) is -8.89. The minimum Gasteiger partial charge on any atom is -0.390 e. The van der Waals surface area contributed by atoms with E-state index >= 15 is 0 Å². The number of azo groups is 1. The van der Waals surface area contributed by atoms with Crippen LogP contribution in [0.3, 0.4) is 0 Å². The highest BCUT2D eigenvalue weighted by atomic mass is 32.2. The van der Waals surface area contributed by atoms with E-state index in [0.717, 1.165) is 22.5 Å². The fourth-order valence-electron chi connectivity index (χ4n) is 4.54. The van der Waals surface area contributed by atoms with Crippen LogP contribution in [0, 0.1) is 36.5 Å². The molecular weight excluding hydrogens is 677 g/mol. The largest absolute Gasteiger partial charge is 0.390 e. The summed E-state index contributed by atoms with van der Waals surface area (Å²) < 4.78 is 64.7. The number of thiophene rings is 1. The Bertz CT molecular complexity index is 2380. The van der Waals surface area contributed by atoms with Crippen LogP contribution < -0.4 is 16.4 Å². The van der Waals surface area contributed by atoms with E-state index in [0.29, 0.717) is 27.5 Å². The van der Waals surface area contributed by atoms with Crippen molar-refractivity contribution in [1.82, 2.24) is 4.98 Å². The van der Waals surface area contributed by atoms with Crippen molar-refractivity contribution in [1.29, 1.82) is 10.5 Å². The molecular formula is C31H24N8O6S3. The molecule has 0 spiro atoms. The molecule has 0 saturated carbocycles. The maximum atomic E-state index is 11.5. The molecule has 0 atom stereocenters. The van der Waals surface area contributed by atoms with Crippen molar-refractivity contribution in [3.8, 4) is 23.3 Å². The molecule has 3 aromatic carbocycles. The second-order valence-corrected chi connectivity index (χ2v) is 14.1. The lowest BCUT2D eigenvalue weighted by atomic mass is 10.0. The van der Waals surface area contributed by atoms with E-state index in [1.54, 1.807) is 6.92 Å². The van der Waals surface area contributed by atoms with E-state index < -0.39 is 20.2 Å². The number of nitrogens with one attached hydrogen (secondary N) is 2. The Labute approximate surface area is 279 Å². The third-order valence-electron chi connectivity index (χ3n) is 6.97. The van der Waals surface area contributed by atoms with Gasteiger partial charge in [0.25, 0.3) is 20.2 Å². The average Bonchev–Trinajstić information content (AvgIpc) is 3.35. The Morgan fingerprint density at radius 2 is 1.25 bits per heavy atom. The van der Waals surface area contributed by atoms with Crippen LogP contribution in [-0.4, -0.2) is 30.9 Å². The molecule has 5 rings (SSSR count). The number of hydrogen-bond donors (Lipinski definition) is 5. The fraction of sp³-hybridized carbons (Fsp3) is 0.0645. The third kappa shape index (κ3) is 7.15. The van der Waals surface area contributed by atoms with Crippen LogP contribution >= 0.6 is 11.3 Å². The van der Waals surface area contributed by atoms with Gasteiger partial charge in [-0.2, -0.15) is 27.4 Å². The first-order valence-electron chi connectivity index (χ1n) is 13.6. The number of aromatic nitrogens is 1. The number of nitrogen functional groups attached to an aromatic ring is 1. The fourth-order valence-corrected chi connectivity index (χ4v) is 6.36. The number of benzene rings is 3. The SMILES string of the molecule is Cc1ccc(-c2c(N)sc(/N=N/c3c(Nc4ccc(S(=O)(=O)O)cc4)nc(Nc4ccc(S(=O)(=O)O)cc4)c(C#N)c3C)c2C#N)cc1. The first-order valence-corrected chi connectivity index (χ1v) is 17.3. The smallest absolute Gasteiger partial charge is 0.294 e. The maximum Gasteiger partial charge on any atom is 0.294 e. The predicted molar refractivity (Wildman–Crippen MR) is 181 cm³/mol. The van der Waals surface area contributed by atoms with Crippen molar-refractivity contribution < 1.29 is 25.9 Å². The summed E-state index contributed by atoms with van der Waals surface area (Å²) in [5.41, 5.74) is 9.93. The molecule has 6 N–H and O–H groups in total. The highest BCUT2D eigenvalue weighted by Crippen LogP contribution is 2.45. The summed E-state index contributed by atoms with van der Waals surface area (Å²) >= 11 is 1.06. The summed E-state index contributed by atoms with van der Waals surface area (Å²) in [5, 5.41) is 35.4. The number of nitrogens with zero attached hydrogens (tertiary/aromatic N) is 5. The second-order valence-electron chi connectivity index (χ2n) is 10.2. The van der Waals surface area contributed by atoms with Gasteiger partial charge in [-0.1, -0.05) is 41.2 Å². The zero-order valence-electron chi connectivity index (χ0n) is 25.0. The van der Waals surface area contributed by atoms with Crippen molar-refractivity contribution in [3.63, 3.8) is 0 Å². The van der Waals surface area contributed by atoms with Crippen LogP contribution in [-0.2, 0) is 20.2 Å². The summed E-state index contributed by atoms with van der Waals surface area (Å²) in [4.78, 5) is 3.88. The number of nitriles is 2. The second kappa shape index (κ2) is 13.2. The van der Waals surface area contributed by atoms with E-state index in [1.807, 2.05) is 31.2 Å². The molecule has 0 aliphatic heterocycles. The van der Waals surface area contributed by atoms with Crippen LogP contribution in [0.15, 0.2) is 92.8 Å². The van der Waals surface area contributed by atoms with Gasteiger partial charge in [0.1, 0.15) is 23.4 Å². The quantitative estimate of drug-likeness (QED) is 0.0760. The highest BCUT2D eigenvalue weighted by molar-refractivity contribution is 7.86. The van der Waals surface area contributed by atoms with Crippen LogP contribution in [0.2, 0.25) is 0 Å². The molecule has 0 saturated heterocycles. The number of anilines is 5. The molecule has 0 fully saturated rings. The van der Waals surface area contributed by atoms with E-state index in [1.165, 1.54) is 48.5 Å². The molecule has 0 bridgehead atoms. The number of aryl methyl sites for hydroxylation is 1. The Balaban J connectivity index is 1.62. The van der Waals surface area contributed by atoms with E-state index in [2.05, 4.69) is 38.0 Å². The lowest BCUT2D eigenvalue weighted by molar-refractivity contribution is 0.481. The van der Waals surface area contributed by atoms with Gasteiger partial charge in [-0.05, 0) is 67.9 Å². The number of pyridine rings is 1. The monoisotopic (exact) mass is 700 g/mol. The minimum atomic E-state index is -4.45. The lowest BCUT2D eigenvalue weighted by Crippen LogP contribution is -2.05. The molecule has 0 radical (unpaired) electrons. The van der Waals surface area contributed by atoms with Gasteiger partial charge in [0.15, 0.2) is 16.6 Å². The molecule has 17 heteroatoms. The number of rotatable bonds is 9. The van der Waals surface area contributed by atoms with Gasteiger partial charge in [0.2, 0.25) is 0 Å². The Hall–Kier alpha value is -5.69. The molecule has 0 aliphatic rings. The standard InChI is InChI=1S/C31H24N8O6S3/c1-17-3-5-19(6-4-17)26-25(16-33)31(46-28(26)34)39-38-27-18(2)24(15-32)29(35-20-7-11-22(12-8-20)47(40,41)42)37-30(27)36-21-9-13-23(14-10-21)48(43,44)45/h3-14H,34H2,1-2H3,(H2,35,36,37)(H,40,41,42)(H,43,44,45)/b39-38+. The first-order chi connectivity index (χ1) is 22.7. The van der Waals surface area contributed by atoms with Crippen molar-refractivity contribution in [2.75, 3.05) is 16.4 Å². The van der Waals surface area contributed by atoms with Gasteiger partial charge in [0.05, 0.1) is 20.4 Å². The number of hydrogen-bond acceptors (Lipinski definition) is 13. The van der Waals surface area contributed by atoms with Gasteiger partial charge in [-0.15, -0.1) is 10.2 Å². The van der Waals surface area contributed by atoms with Crippen molar-refractivity contribution in [2.45, 2.75) is 23.6 Å². The molecule has 0 unspecified atom stereocenters. The van der Waals surface area contributed by atoms with Gasteiger partial charge in [-0.25, -0.2) is 4.98 Å². The van der Waals surface area contributed by atoms with Crippen molar-refractivity contribution >= 4 is 70.3 Å². The molecule has 5 aromatic rings. The minimum absolute atomic E-state index is 0.0466. The summed E-state index contributed by atoms with van der Waals surface area (Å²) in [6.07, 6.45) is 0. The van der Waals surface area contributed by atoms with Gasteiger partial charge in [0, 0.05) is 22.5 Å². The molecule has 2 heterocycles. The summed E-state index contributed by atoms with van der Waals surface area (Å²) in [6.45, 7) is 3.53. The molecule has 48 heavy (non-hydrogen) atoms. The third-order valence-corrected chi connectivity index (χ3v) is 9.61. The van der Waals surface area contributed by atoms with Crippen molar-refractivity contribution in [3.05, 3.63) is 95.1 Å². The molecule has 14 nitrogen and oxygen atoms in total. The summed E-state index contributed by atoms with van der Waals surface area (Å²) in [5.74, 6) is 0.110.